The minimum absolute atomic E-state index is 0.189. The highest BCUT2D eigenvalue weighted by atomic mass is 28.3. The molecule has 2 rings (SSSR count). The molecule has 0 radical (unpaired) electrons. The summed E-state index contributed by atoms with van der Waals surface area (Å²) in [6.07, 6.45) is 2.95. The molecule has 0 saturated carbocycles. The van der Waals surface area contributed by atoms with Crippen molar-refractivity contribution in [2.45, 2.75) is 32.4 Å². The fraction of sp³-hybridized carbons (Fsp3) is 0.545. The fourth-order valence-corrected chi connectivity index (χ4v) is 2.32. The van der Waals surface area contributed by atoms with Gasteiger partial charge in [-0.25, -0.2) is 9.67 Å². The fourth-order valence-electron chi connectivity index (χ4n) is 1.56. The smallest absolute Gasteiger partial charge is 0.276 e. The van der Waals surface area contributed by atoms with Crippen LogP contribution in [0, 0.1) is 0 Å². The molecule has 0 aromatic carbocycles. The standard InChI is InChI=1S/C11H18N4O2Si/c1-18(2,3)5-4-17-8-15-10-9(6-14-15)12-7-13-11(10)16/h6-7H,4-5,8H2,1-3H3,(H,12,13,16). The second-order valence-corrected chi connectivity index (χ2v) is 11.1. The van der Waals surface area contributed by atoms with E-state index in [1.807, 2.05) is 0 Å². The van der Waals surface area contributed by atoms with Crippen LogP contribution < -0.4 is 5.56 Å². The third-order valence-electron chi connectivity index (χ3n) is 2.64. The number of aromatic amines is 1. The first-order chi connectivity index (χ1) is 8.47. The molecule has 0 saturated heterocycles. The Balaban J connectivity index is 2.02. The summed E-state index contributed by atoms with van der Waals surface area (Å²) in [5.41, 5.74) is 0.865. The Labute approximate surface area is 106 Å². The lowest BCUT2D eigenvalue weighted by Crippen LogP contribution is -2.22. The summed E-state index contributed by atoms with van der Waals surface area (Å²) in [7, 11) is -1.08. The third kappa shape index (κ3) is 3.05. The molecule has 2 aromatic heterocycles. The van der Waals surface area contributed by atoms with Gasteiger partial charge in [-0.05, 0) is 6.04 Å². The number of hydrogen-bond acceptors (Lipinski definition) is 4. The molecular formula is C11H18N4O2Si. The third-order valence-corrected chi connectivity index (χ3v) is 4.35. The second kappa shape index (κ2) is 5.03. The van der Waals surface area contributed by atoms with Crippen molar-refractivity contribution >= 4 is 19.1 Å². The highest BCUT2D eigenvalue weighted by Crippen LogP contribution is 2.09. The Morgan fingerprint density at radius 2 is 2.22 bits per heavy atom. The lowest BCUT2D eigenvalue weighted by Gasteiger charge is -2.15. The quantitative estimate of drug-likeness (QED) is 0.656. The van der Waals surface area contributed by atoms with Crippen LogP contribution in [0.3, 0.4) is 0 Å². The zero-order valence-electron chi connectivity index (χ0n) is 10.9. The van der Waals surface area contributed by atoms with Gasteiger partial charge in [0.25, 0.3) is 5.56 Å². The second-order valence-electron chi connectivity index (χ2n) is 5.46. The molecule has 6 nitrogen and oxygen atoms in total. The minimum atomic E-state index is -1.08. The first-order valence-electron chi connectivity index (χ1n) is 5.94. The van der Waals surface area contributed by atoms with Crippen LogP contribution in [0.1, 0.15) is 0 Å². The highest BCUT2D eigenvalue weighted by Gasteiger charge is 2.12. The topological polar surface area (TPSA) is 72.8 Å². The molecule has 0 atom stereocenters. The summed E-state index contributed by atoms with van der Waals surface area (Å²) in [4.78, 5) is 18.2. The summed E-state index contributed by atoms with van der Waals surface area (Å²) in [6, 6.07) is 1.10. The molecule has 0 amide bonds. The molecule has 7 heteroatoms. The maximum Gasteiger partial charge on any atom is 0.276 e. The predicted octanol–water partition coefficient (Wildman–Crippen LogP) is 1.43. The minimum Gasteiger partial charge on any atom is -0.360 e. The van der Waals surface area contributed by atoms with E-state index < -0.39 is 8.07 Å². The van der Waals surface area contributed by atoms with Gasteiger partial charge in [0.05, 0.1) is 12.5 Å². The Kier molecular flexibility index (Phi) is 3.62. The number of rotatable bonds is 5. The van der Waals surface area contributed by atoms with E-state index in [9.17, 15) is 4.79 Å². The summed E-state index contributed by atoms with van der Waals surface area (Å²) < 4.78 is 7.12. The van der Waals surface area contributed by atoms with Gasteiger partial charge in [0.15, 0.2) is 5.52 Å². The molecule has 0 unspecified atom stereocenters. The summed E-state index contributed by atoms with van der Waals surface area (Å²) >= 11 is 0. The SMILES string of the molecule is C[Si](C)(C)CCOCn1ncc2nc[nH]c(=O)c21. The molecule has 0 aliphatic carbocycles. The molecule has 0 aliphatic heterocycles. The highest BCUT2D eigenvalue weighted by molar-refractivity contribution is 6.76. The van der Waals surface area contributed by atoms with Gasteiger partial charge < -0.3 is 9.72 Å². The van der Waals surface area contributed by atoms with Gasteiger partial charge in [-0.1, -0.05) is 19.6 Å². The largest absolute Gasteiger partial charge is 0.360 e. The molecule has 0 bridgehead atoms. The van der Waals surface area contributed by atoms with Gasteiger partial charge in [0.1, 0.15) is 12.2 Å². The van der Waals surface area contributed by atoms with Gasteiger partial charge in [-0.3, -0.25) is 4.79 Å². The Bertz CT molecular complexity index is 584. The molecule has 0 aliphatic rings. The van der Waals surface area contributed by atoms with Crippen molar-refractivity contribution in [3.05, 3.63) is 22.9 Å². The Morgan fingerprint density at radius 3 is 2.94 bits per heavy atom. The lowest BCUT2D eigenvalue weighted by atomic mass is 10.5. The molecule has 0 fully saturated rings. The van der Waals surface area contributed by atoms with Crippen LogP contribution in [0.15, 0.2) is 17.3 Å². The maximum atomic E-state index is 11.6. The molecule has 98 valence electrons. The molecular weight excluding hydrogens is 248 g/mol. The van der Waals surface area contributed by atoms with Crippen molar-refractivity contribution in [2.75, 3.05) is 6.61 Å². The Morgan fingerprint density at radius 1 is 1.44 bits per heavy atom. The zero-order chi connectivity index (χ0) is 13.2. The van der Waals surface area contributed by atoms with Gasteiger partial charge >= 0.3 is 0 Å². The average Bonchev–Trinajstić information content (AvgIpc) is 2.68. The number of nitrogens with zero attached hydrogens (tertiary/aromatic N) is 3. The van der Waals surface area contributed by atoms with Crippen LogP contribution in [0.25, 0.3) is 11.0 Å². The normalized spacial score (nSPS) is 12.2. The van der Waals surface area contributed by atoms with Gasteiger partial charge in [-0.15, -0.1) is 0 Å². The van der Waals surface area contributed by atoms with Crippen molar-refractivity contribution in [3.8, 4) is 0 Å². The van der Waals surface area contributed by atoms with Crippen LogP contribution in [-0.4, -0.2) is 34.4 Å². The average molecular weight is 266 g/mol. The number of H-pyrrole nitrogens is 1. The van der Waals surface area contributed by atoms with Crippen molar-refractivity contribution < 1.29 is 4.74 Å². The van der Waals surface area contributed by atoms with E-state index in [2.05, 4.69) is 34.7 Å². The van der Waals surface area contributed by atoms with E-state index in [-0.39, 0.29) is 5.56 Å². The van der Waals surface area contributed by atoms with Crippen molar-refractivity contribution in [1.29, 1.82) is 0 Å². The van der Waals surface area contributed by atoms with E-state index in [1.165, 1.54) is 6.33 Å². The van der Waals surface area contributed by atoms with Crippen LogP contribution in [-0.2, 0) is 11.5 Å². The number of fused-ring (bicyclic) bond motifs is 1. The lowest BCUT2D eigenvalue weighted by molar-refractivity contribution is 0.0815. The van der Waals surface area contributed by atoms with E-state index in [4.69, 9.17) is 4.74 Å². The number of nitrogens with one attached hydrogen (secondary N) is 1. The van der Waals surface area contributed by atoms with Gasteiger partial charge in [0.2, 0.25) is 0 Å². The van der Waals surface area contributed by atoms with Crippen molar-refractivity contribution in [1.82, 2.24) is 19.7 Å². The predicted molar refractivity (Wildman–Crippen MR) is 72.3 cm³/mol. The summed E-state index contributed by atoms with van der Waals surface area (Å²) in [6.45, 7) is 7.90. The zero-order valence-corrected chi connectivity index (χ0v) is 11.9. The first kappa shape index (κ1) is 13.0. The molecule has 1 N–H and O–H groups in total. The molecule has 2 aromatic rings. The number of hydrogen-bond donors (Lipinski definition) is 1. The van der Waals surface area contributed by atoms with E-state index in [0.29, 0.717) is 24.4 Å². The first-order valence-corrected chi connectivity index (χ1v) is 9.65. The van der Waals surface area contributed by atoms with Gasteiger partial charge in [-0.2, -0.15) is 5.10 Å². The van der Waals surface area contributed by atoms with Crippen LogP contribution in [0.2, 0.25) is 25.7 Å². The van der Waals surface area contributed by atoms with E-state index in [0.717, 1.165) is 6.04 Å². The van der Waals surface area contributed by atoms with Crippen molar-refractivity contribution in [3.63, 3.8) is 0 Å². The molecule has 18 heavy (non-hydrogen) atoms. The monoisotopic (exact) mass is 266 g/mol. The van der Waals surface area contributed by atoms with Crippen LogP contribution in [0.4, 0.5) is 0 Å². The maximum absolute atomic E-state index is 11.6. The number of aromatic nitrogens is 4. The summed E-state index contributed by atoms with van der Waals surface area (Å²) in [5.74, 6) is 0. The van der Waals surface area contributed by atoms with Crippen LogP contribution >= 0.6 is 0 Å². The van der Waals surface area contributed by atoms with E-state index in [1.54, 1.807) is 10.9 Å². The van der Waals surface area contributed by atoms with Crippen molar-refractivity contribution in [2.24, 2.45) is 0 Å². The molecule has 0 spiro atoms. The summed E-state index contributed by atoms with van der Waals surface area (Å²) in [5, 5.41) is 4.11. The Hall–Kier alpha value is -1.47. The number of ether oxygens (including phenoxy) is 1. The van der Waals surface area contributed by atoms with E-state index >= 15 is 0 Å². The van der Waals surface area contributed by atoms with Gasteiger partial charge in [0, 0.05) is 14.7 Å². The molecule has 2 heterocycles. The van der Waals surface area contributed by atoms with Crippen LogP contribution in [0.5, 0.6) is 0 Å².